The van der Waals surface area contributed by atoms with Gasteiger partial charge >= 0.3 is 11.9 Å². The molecule has 0 aromatic heterocycles. The Hall–Kier alpha value is -2.41. The number of fused-ring (bicyclic) bond motifs is 1. The Bertz CT molecular complexity index is 816. The number of rotatable bonds is 6. The molecule has 0 saturated heterocycles. The minimum Gasteiger partial charge on any atom is -0.322 e. The van der Waals surface area contributed by atoms with E-state index in [1.165, 1.54) is 21.2 Å². The number of nitrogens with zero attached hydrogens (tertiary/aromatic N) is 2. The van der Waals surface area contributed by atoms with Gasteiger partial charge in [-0.1, -0.05) is 31.5 Å². The number of benzene rings is 1. The van der Waals surface area contributed by atoms with E-state index < -0.39 is 11.3 Å². The first-order valence-electron chi connectivity index (χ1n) is 8.70. The van der Waals surface area contributed by atoms with E-state index in [9.17, 15) is 14.4 Å². The Kier molecular flexibility index (Phi) is 5.56. The third-order valence-electron chi connectivity index (χ3n) is 4.44. The first kappa shape index (κ1) is 18.4. The molecule has 0 spiro atoms. The van der Waals surface area contributed by atoms with Crippen LogP contribution in [0, 0.1) is 6.92 Å². The minimum absolute atomic E-state index is 0.111. The van der Waals surface area contributed by atoms with Gasteiger partial charge in [0.05, 0.1) is 6.54 Å². The fourth-order valence-electron chi connectivity index (χ4n) is 2.98. The van der Waals surface area contributed by atoms with Crippen LogP contribution < -0.4 is 5.32 Å². The average Bonchev–Trinajstić information content (AvgIpc) is 3.10. The Labute approximate surface area is 156 Å². The van der Waals surface area contributed by atoms with Crippen molar-refractivity contribution in [1.82, 2.24) is 4.90 Å². The van der Waals surface area contributed by atoms with Crippen molar-refractivity contribution in [1.29, 1.82) is 0 Å². The number of para-hydroxylation sites is 1. The monoisotopic (exact) mass is 372 g/mol. The van der Waals surface area contributed by atoms with Gasteiger partial charge in [-0.15, -0.1) is 11.8 Å². The number of imide groups is 1. The Morgan fingerprint density at radius 2 is 2.08 bits per heavy atom. The van der Waals surface area contributed by atoms with Crippen LogP contribution in [0.25, 0.3) is 0 Å². The maximum Gasteiger partial charge on any atom is 0.501 e. The first-order valence-corrected chi connectivity index (χ1v) is 9.64. The van der Waals surface area contributed by atoms with Crippen molar-refractivity contribution in [2.45, 2.75) is 31.9 Å². The second-order valence-electron chi connectivity index (χ2n) is 6.32. The molecule has 2 aliphatic heterocycles. The molecule has 2 heterocycles. The lowest BCUT2D eigenvalue weighted by Crippen LogP contribution is -2.56. The zero-order chi connectivity index (χ0) is 18.7. The molecule has 26 heavy (non-hydrogen) atoms. The van der Waals surface area contributed by atoms with Gasteiger partial charge in [0, 0.05) is 5.69 Å². The van der Waals surface area contributed by atoms with Crippen LogP contribution in [0.3, 0.4) is 0 Å². The van der Waals surface area contributed by atoms with Gasteiger partial charge in [-0.3, -0.25) is 4.79 Å². The lowest BCUT2D eigenvalue weighted by molar-refractivity contribution is -0.425. The summed E-state index contributed by atoms with van der Waals surface area (Å²) in [5, 5.41) is 4.22. The first-order chi connectivity index (χ1) is 12.5. The fraction of sp³-hybridized carbons (Fsp3) is 0.368. The predicted molar refractivity (Wildman–Crippen MR) is 102 cm³/mol. The number of carbonyl (C=O) groups excluding carboxylic acids is 3. The average molecular weight is 372 g/mol. The molecule has 2 aliphatic rings. The number of thioether (sulfide) groups is 1. The molecular formula is C19H22N3O3S+. The van der Waals surface area contributed by atoms with Crippen molar-refractivity contribution in [3.63, 3.8) is 0 Å². The maximum atomic E-state index is 12.8. The van der Waals surface area contributed by atoms with E-state index in [-0.39, 0.29) is 18.4 Å². The second kappa shape index (κ2) is 7.86. The number of hydrogen-bond acceptors (Lipinski definition) is 4. The molecule has 6 nitrogen and oxygen atoms in total. The topological polar surface area (TPSA) is 69.5 Å². The lowest BCUT2D eigenvalue weighted by atomic mass is 10.1. The van der Waals surface area contributed by atoms with Crippen LogP contribution in [0.15, 0.2) is 35.7 Å². The highest BCUT2D eigenvalue weighted by Gasteiger charge is 2.49. The molecule has 7 heteroatoms. The van der Waals surface area contributed by atoms with E-state index in [0.717, 1.165) is 24.1 Å². The summed E-state index contributed by atoms with van der Waals surface area (Å²) in [4.78, 5) is 39.2. The number of hydrogen-bond donors (Lipinski definition) is 1. The maximum absolute atomic E-state index is 12.8. The summed E-state index contributed by atoms with van der Waals surface area (Å²) in [6.07, 6.45) is 3.39. The molecule has 1 atom stereocenters. The molecule has 3 rings (SSSR count). The van der Waals surface area contributed by atoms with Crippen LogP contribution in [0.1, 0.15) is 25.3 Å². The van der Waals surface area contributed by atoms with Gasteiger partial charge in [-0.25, -0.2) is 4.79 Å². The van der Waals surface area contributed by atoms with E-state index in [1.54, 1.807) is 11.5 Å². The van der Waals surface area contributed by atoms with Gasteiger partial charge in [-0.05, 0) is 36.5 Å². The highest BCUT2D eigenvalue weighted by molar-refractivity contribution is 8.04. The molecule has 136 valence electrons. The van der Waals surface area contributed by atoms with Crippen molar-refractivity contribution >= 4 is 41.0 Å². The Morgan fingerprint density at radius 3 is 2.81 bits per heavy atom. The van der Waals surface area contributed by atoms with Crippen molar-refractivity contribution in [3.8, 4) is 0 Å². The molecule has 0 bridgehead atoms. The highest BCUT2D eigenvalue weighted by atomic mass is 32.2. The molecule has 1 unspecified atom stereocenters. The van der Waals surface area contributed by atoms with E-state index in [2.05, 4.69) is 5.32 Å². The lowest BCUT2D eigenvalue weighted by Gasteiger charge is -2.24. The van der Waals surface area contributed by atoms with Crippen LogP contribution in [-0.2, 0) is 9.59 Å². The normalized spacial score (nSPS) is 19.2. The van der Waals surface area contributed by atoms with Crippen molar-refractivity contribution < 1.29 is 19.0 Å². The standard InChI is InChI=1S/C19H21N3O3S/c1-3-4-10-21-18(24)17-15(9-11-26-17)22(19(21)25)12-16(23)20-14-8-6-5-7-13(14)2/h5-9,11,17H,3-4,10,12H2,1-2H3/p+1. The van der Waals surface area contributed by atoms with Crippen molar-refractivity contribution in [3.05, 3.63) is 41.3 Å². The molecule has 1 aromatic carbocycles. The third kappa shape index (κ3) is 3.58. The summed E-state index contributed by atoms with van der Waals surface area (Å²) in [6.45, 7) is 4.19. The smallest absolute Gasteiger partial charge is 0.322 e. The van der Waals surface area contributed by atoms with Gasteiger partial charge in [0.15, 0.2) is 11.8 Å². The fourth-order valence-corrected chi connectivity index (χ4v) is 3.94. The number of anilines is 1. The van der Waals surface area contributed by atoms with Crippen molar-refractivity contribution in [2.75, 3.05) is 18.4 Å². The number of amides is 4. The molecular weight excluding hydrogens is 350 g/mol. The third-order valence-corrected chi connectivity index (χ3v) is 5.45. The summed E-state index contributed by atoms with van der Waals surface area (Å²) < 4.78 is 1.42. The van der Waals surface area contributed by atoms with Gasteiger partial charge in [0.2, 0.25) is 0 Å². The zero-order valence-corrected chi connectivity index (χ0v) is 15.7. The quantitative estimate of drug-likeness (QED) is 0.780. The number of urea groups is 1. The number of allylic oxidation sites excluding steroid dienone is 1. The number of aryl methyl sites for hydroxylation is 1. The van der Waals surface area contributed by atoms with Gasteiger partial charge < -0.3 is 5.32 Å². The summed E-state index contributed by atoms with van der Waals surface area (Å²) in [7, 11) is 0. The molecule has 1 aromatic rings. The molecule has 0 aliphatic carbocycles. The summed E-state index contributed by atoms with van der Waals surface area (Å²) in [5.74, 6) is -0.474. The Morgan fingerprint density at radius 1 is 1.31 bits per heavy atom. The summed E-state index contributed by atoms with van der Waals surface area (Å²) in [5.41, 5.74) is 2.27. The van der Waals surface area contributed by atoms with Crippen LogP contribution in [0.5, 0.6) is 0 Å². The molecule has 0 fully saturated rings. The van der Waals surface area contributed by atoms with Crippen LogP contribution in [-0.4, -0.2) is 51.4 Å². The van der Waals surface area contributed by atoms with Gasteiger partial charge in [-0.2, -0.15) is 14.3 Å². The summed E-state index contributed by atoms with van der Waals surface area (Å²) in [6, 6.07) is 7.07. The van der Waals surface area contributed by atoms with Crippen LogP contribution in [0.4, 0.5) is 10.5 Å². The molecule has 4 amide bonds. The molecule has 1 N–H and O–H groups in total. The summed E-state index contributed by atoms with van der Waals surface area (Å²) >= 11 is 1.38. The number of carbonyl (C=O) groups is 3. The highest BCUT2D eigenvalue weighted by Crippen LogP contribution is 2.28. The Balaban J connectivity index is 1.82. The minimum atomic E-state index is -0.434. The molecule has 0 saturated carbocycles. The zero-order valence-electron chi connectivity index (χ0n) is 14.9. The van der Waals surface area contributed by atoms with E-state index in [0.29, 0.717) is 12.3 Å². The SMILES string of the molecule is CCCCN1C(=O)C2SC=CC2=[N+](CC(=O)Nc2ccccc2C)C1=O. The molecule has 0 radical (unpaired) electrons. The van der Waals surface area contributed by atoms with Crippen molar-refractivity contribution in [2.24, 2.45) is 0 Å². The van der Waals surface area contributed by atoms with E-state index >= 15 is 0 Å². The number of nitrogens with one attached hydrogen (secondary N) is 1. The van der Waals surface area contributed by atoms with Gasteiger partial charge in [0.25, 0.3) is 5.91 Å². The number of unbranched alkanes of at least 4 members (excludes halogenated alkanes) is 1. The largest absolute Gasteiger partial charge is 0.501 e. The van der Waals surface area contributed by atoms with Gasteiger partial charge in [0.1, 0.15) is 5.71 Å². The predicted octanol–water partition coefficient (Wildman–Crippen LogP) is 2.78. The van der Waals surface area contributed by atoms with E-state index in [1.807, 2.05) is 38.1 Å². The second-order valence-corrected chi connectivity index (χ2v) is 7.33. The van der Waals surface area contributed by atoms with Crippen LogP contribution >= 0.6 is 11.8 Å². The van der Waals surface area contributed by atoms with Crippen LogP contribution in [0.2, 0.25) is 0 Å². The van der Waals surface area contributed by atoms with E-state index in [4.69, 9.17) is 0 Å².